The Hall–Kier alpha value is -0.810. The van der Waals surface area contributed by atoms with Crippen LogP contribution in [0.4, 0.5) is 4.79 Å². The molecule has 0 aromatic rings. The van der Waals surface area contributed by atoms with Gasteiger partial charge in [-0.25, -0.2) is 15.6 Å². The summed E-state index contributed by atoms with van der Waals surface area (Å²) in [7, 11) is 0. The van der Waals surface area contributed by atoms with E-state index >= 15 is 0 Å². The quantitative estimate of drug-likeness (QED) is 0.437. The van der Waals surface area contributed by atoms with Crippen molar-refractivity contribution in [1.29, 1.82) is 0 Å². The maximum absolute atomic E-state index is 12.0. The number of nitrogens with two attached hydrogens (primary N) is 1. The summed E-state index contributed by atoms with van der Waals surface area (Å²) in [5.74, 6) is 6.49. The number of carbonyl (C=O) groups excluding carboxylic acids is 1. The first-order chi connectivity index (χ1) is 7.85. The van der Waals surface area contributed by atoms with Gasteiger partial charge < -0.3 is 4.74 Å². The van der Waals surface area contributed by atoms with E-state index in [1.54, 1.807) is 0 Å². The van der Waals surface area contributed by atoms with Gasteiger partial charge >= 0.3 is 6.09 Å². The third kappa shape index (κ3) is 2.55. The lowest BCUT2D eigenvalue weighted by Crippen LogP contribution is -2.63. The number of carbonyl (C=O) groups is 1. The van der Waals surface area contributed by atoms with Gasteiger partial charge in [0.15, 0.2) is 0 Å². The fourth-order valence-corrected chi connectivity index (χ4v) is 2.54. The lowest BCUT2D eigenvalue weighted by Gasteiger charge is -2.39. The molecule has 98 valence electrons. The molecule has 0 spiro atoms. The predicted octanol–water partition coefficient (Wildman–Crippen LogP) is 1.59. The molecule has 3 N–H and O–H groups in total. The maximum Gasteiger partial charge on any atom is 0.426 e. The molecule has 0 aromatic carbocycles. The Bertz CT molecular complexity index is 301. The van der Waals surface area contributed by atoms with Gasteiger partial charge in [0.2, 0.25) is 0 Å². The SMILES string of the molecule is CC(C)(C)OC(=O)N(N)C1(C2CC2)CCCN1. The van der Waals surface area contributed by atoms with Crippen LogP contribution in [0.1, 0.15) is 46.5 Å². The third-order valence-corrected chi connectivity index (χ3v) is 3.44. The van der Waals surface area contributed by atoms with Crippen LogP contribution in [0.25, 0.3) is 0 Å². The zero-order valence-electron chi connectivity index (χ0n) is 11.0. The van der Waals surface area contributed by atoms with Crippen molar-refractivity contribution in [2.24, 2.45) is 11.8 Å². The average Bonchev–Trinajstić information content (AvgIpc) is 2.94. The number of ether oxygens (including phenoxy) is 1. The molecule has 5 nitrogen and oxygen atoms in total. The summed E-state index contributed by atoms with van der Waals surface area (Å²) in [5.41, 5.74) is -0.861. The highest BCUT2D eigenvalue weighted by molar-refractivity contribution is 5.68. The summed E-state index contributed by atoms with van der Waals surface area (Å²) in [6, 6.07) is 0. The van der Waals surface area contributed by atoms with Crippen LogP contribution in [0.5, 0.6) is 0 Å². The molecule has 0 aromatic heterocycles. The molecule has 5 heteroatoms. The number of hydrogen-bond donors (Lipinski definition) is 2. The van der Waals surface area contributed by atoms with Crippen LogP contribution in [0, 0.1) is 5.92 Å². The molecule has 1 saturated heterocycles. The first kappa shape index (κ1) is 12.6. The Morgan fingerprint density at radius 1 is 1.47 bits per heavy atom. The molecule has 17 heavy (non-hydrogen) atoms. The summed E-state index contributed by atoms with van der Waals surface area (Å²) < 4.78 is 5.34. The number of hydrazine groups is 1. The molecule has 1 saturated carbocycles. The molecule has 1 heterocycles. The van der Waals surface area contributed by atoms with E-state index in [1.165, 1.54) is 5.01 Å². The number of amides is 1. The van der Waals surface area contributed by atoms with Crippen molar-refractivity contribution in [3.8, 4) is 0 Å². The molecular weight excluding hydrogens is 218 g/mol. The van der Waals surface area contributed by atoms with E-state index in [4.69, 9.17) is 10.6 Å². The minimum Gasteiger partial charge on any atom is -0.443 e. The Morgan fingerprint density at radius 3 is 2.53 bits per heavy atom. The lowest BCUT2D eigenvalue weighted by atomic mass is 10.0. The van der Waals surface area contributed by atoms with Gasteiger partial charge in [0.05, 0.1) is 0 Å². The Labute approximate surface area is 103 Å². The van der Waals surface area contributed by atoms with E-state index in [-0.39, 0.29) is 5.66 Å². The molecular formula is C12H23N3O2. The van der Waals surface area contributed by atoms with E-state index < -0.39 is 11.7 Å². The molecule has 0 bridgehead atoms. The third-order valence-electron chi connectivity index (χ3n) is 3.44. The van der Waals surface area contributed by atoms with Crippen LogP contribution in [0.15, 0.2) is 0 Å². The van der Waals surface area contributed by atoms with Gasteiger partial charge in [-0.1, -0.05) is 0 Å². The highest BCUT2D eigenvalue weighted by Crippen LogP contribution is 2.45. The van der Waals surface area contributed by atoms with Gasteiger partial charge in [0, 0.05) is 0 Å². The van der Waals surface area contributed by atoms with E-state index in [2.05, 4.69) is 5.32 Å². The highest BCUT2D eigenvalue weighted by atomic mass is 16.6. The second kappa shape index (κ2) is 4.14. The van der Waals surface area contributed by atoms with Crippen LogP contribution in [0.2, 0.25) is 0 Å². The van der Waals surface area contributed by atoms with Gasteiger partial charge in [0.25, 0.3) is 0 Å². The molecule has 2 fully saturated rings. The van der Waals surface area contributed by atoms with Crippen LogP contribution in [-0.4, -0.2) is 28.9 Å². The summed E-state index contributed by atoms with van der Waals surface area (Å²) in [4.78, 5) is 12.0. The summed E-state index contributed by atoms with van der Waals surface area (Å²) in [6.07, 6.45) is 3.84. The van der Waals surface area contributed by atoms with Gasteiger partial charge in [-0.3, -0.25) is 5.32 Å². The van der Waals surface area contributed by atoms with Gasteiger partial charge in [-0.2, -0.15) is 0 Å². The van der Waals surface area contributed by atoms with E-state index in [1.807, 2.05) is 20.8 Å². The molecule has 1 atom stereocenters. The first-order valence-electron chi connectivity index (χ1n) is 6.38. The van der Waals surface area contributed by atoms with Crippen LogP contribution in [0.3, 0.4) is 0 Å². The molecule has 2 aliphatic rings. The normalized spacial score (nSPS) is 29.2. The standard InChI is InChI=1S/C12H23N3O2/c1-11(2,3)17-10(16)15(13)12(9-5-6-9)7-4-8-14-12/h9,14H,4-8,13H2,1-3H3. The van der Waals surface area contributed by atoms with Gasteiger partial charge in [-0.05, 0) is 58.9 Å². The second-order valence-electron chi connectivity index (χ2n) is 6.08. The Balaban J connectivity index is 2.06. The summed E-state index contributed by atoms with van der Waals surface area (Å²) >= 11 is 0. The number of nitrogens with one attached hydrogen (secondary N) is 1. The van der Waals surface area contributed by atoms with E-state index in [0.29, 0.717) is 5.92 Å². The lowest BCUT2D eigenvalue weighted by molar-refractivity contribution is -0.0153. The predicted molar refractivity (Wildman–Crippen MR) is 65.0 cm³/mol. The Kier molecular flexibility index (Phi) is 3.08. The van der Waals surface area contributed by atoms with Crippen LogP contribution >= 0.6 is 0 Å². The summed E-state index contributed by atoms with van der Waals surface area (Å²) in [6.45, 7) is 6.48. The number of rotatable bonds is 2. The fraction of sp³-hybridized carbons (Fsp3) is 0.917. The molecule has 1 aliphatic heterocycles. The largest absolute Gasteiger partial charge is 0.443 e. The molecule has 1 unspecified atom stereocenters. The number of hydrogen-bond acceptors (Lipinski definition) is 4. The number of nitrogens with zero attached hydrogens (tertiary/aromatic N) is 1. The second-order valence-corrected chi connectivity index (χ2v) is 6.08. The van der Waals surface area contributed by atoms with Gasteiger partial charge in [-0.15, -0.1) is 0 Å². The molecule has 0 radical (unpaired) electrons. The Morgan fingerprint density at radius 2 is 2.12 bits per heavy atom. The average molecular weight is 241 g/mol. The van der Waals surface area contributed by atoms with Crippen molar-refractivity contribution in [2.75, 3.05) is 6.54 Å². The first-order valence-corrected chi connectivity index (χ1v) is 6.38. The van der Waals surface area contributed by atoms with Crippen LogP contribution < -0.4 is 11.2 Å². The molecule has 1 amide bonds. The minimum atomic E-state index is -0.502. The minimum absolute atomic E-state index is 0.359. The van der Waals surface area contributed by atoms with Crippen molar-refractivity contribution in [2.45, 2.75) is 57.7 Å². The molecule has 1 aliphatic carbocycles. The molecule has 2 rings (SSSR count). The topological polar surface area (TPSA) is 67.6 Å². The highest BCUT2D eigenvalue weighted by Gasteiger charge is 2.52. The van der Waals surface area contributed by atoms with E-state index in [9.17, 15) is 4.79 Å². The van der Waals surface area contributed by atoms with Crippen LogP contribution in [-0.2, 0) is 4.74 Å². The fourth-order valence-electron chi connectivity index (χ4n) is 2.54. The monoisotopic (exact) mass is 241 g/mol. The van der Waals surface area contributed by atoms with Crippen molar-refractivity contribution in [3.05, 3.63) is 0 Å². The zero-order valence-corrected chi connectivity index (χ0v) is 11.0. The zero-order chi connectivity index (χ0) is 12.7. The van der Waals surface area contributed by atoms with E-state index in [0.717, 1.165) is 32.2 Å². The summed E-state index contributed by atoms with van der Waals surface area (Å²) in [5, 5.41) is 4.69. The van der Waals surface area contributed by atoms with Crippen molar-refractivity contribution >= 4 is 6.09 Å². The van der Waals surface area contributed by atoms with Gasteiger partial charge in [0.1, 0.15) is 11.3 Å². The van der Waals surface area contributed by atoms with Crippen molar-refractivity contribution in [3.63, 3.8) is 0 Å². The van der Waals surface area contributed by atoms with Crippen molar-refractivity contribution < 1.29 is 9.53 Å². The maximum atomic E-state index is 12.0. The van der Waals surface area contributed by atoms with Crippen molar-refractivity contribution in [1.82, 2.24) is 10.3 Å². The smallest absolute Gasteiger partial charge is 0.426 e.